The molecular formula is C15H4F4N8. The normalized spacial score (nSPS) is 16.0. The maximum atomic E-state index is 14.5. The maximum Gasteiger partial charge on any atom is 0.311 e. The van der Waals surface area contributed by atoms with Crippen molar-refractivity contribution in [2.45, 2.75) is 6.42 Å². The molecule has 0 saturated carbocycles. The molecule has 1 atom stereocenters. The van der Waals surface area contributed by atoms with Crippen molar-refractivity contribution < 1.29 is 17.6 Å². The number of hydrogen-bond donors (Lipinski definition) is 0. The molecule has 0 radical (unpaired) electrons. The van der Waals surface area contributed by atoms with Crippen LogP contribution in [0.2, 0.25) is 0 Å². The van der Waals surface area contributed by atoms with Crippen molar-refractivity contribution in [3.63, 3.8) is 0 Å². The van der Waals surface area contributed by atoms with E-state index in [0.717, 1.165) is 4.90 Å². The molecule has 2 aromatic heterocycles. The van der Waals surface area contributed by atoms with Crippen LogP contribution in [-0.2, 0) is 0 Å². The van der Waals surface area contributed by atoms with E-state index < -0.39 is 52.3 Å². The van der Waals surface area contributed by atoms with Crippen molar-refractivity contribution in [3.8, 4) is 12.1 Å². The van der Waals surface area contributed by atoms with E-state index >= 15 is 0 Å². The molecule has 0 amide bonds. The molecule has 3 aromatic rings. The number of aliphatic imine (C=N–C) groups is 1. The molecule has 1 unspecified atom stereocenters. The summed E-state index contributed by atoms with van der Waals surface area (Å²) in [5, 5.41) is 17.8. The number of halogens is 4. The Morgan fingerprint density at radius 2 is 1.56 bits per heavy atom. The van der Waals surface area contributed by atoms with E-state index in [4.69, 9.17) is 10.5 Å². The number of benzene rings is 1. The van der Waals surface area contributed by atoms with Crippen LogP contribution in [0.15, 0.2) is 4.99 Å². The van der Waals surface area contributed by atoms with Crippen LogP contribution in [-0.4, -0.2) is 39.4 Å². The van der Waals surface area contributed by atoms with Crippen molar-refractivity contribution >= 4 is 33.6 Å². The van der Waals surface area contributed by atoms with Gasteiger partial charge in [0.15, 0.2) is 11.4 Å². The Labute approximate surface area is 147 Å². The summed E-state index contributed by atoms with van der Waals surface area (Å²) in [6.45, 7) is 0. The van der Waals surface area contributed by atoms with E-state index in [1.165, 1.54) is 7.05 Å². The zero-order valence-corrected chi connectivity index (χ0v) is 13.2. The van der Waals surface area contributed by atoms with Crippen molar-refractivity contribution in [3.05, 3.63) is 29.0 Å². The molecule has 0 fully saturated rings. The second-order valence-electron chi connectivity index (χ2n) is 5.41. The van der Waals surface area contributed by atoms with Crippen LogP contribution in [0.25, 0.3) is 21.9 Å². The molecule has 0 aliphatic carbocycles. The molecule has 132 valence electrons. The lowest BCUT2D eigenvalue weighted by Crippen LogP contribution is -2.32. The lowest BCUT2D eigenvalue weighted by molar-refractivity contribution is 0.338. The van der Waals surface area contributed by atoms with E-state index in [1.54, 1.807) is 12.1 Å². The van der Waals surface area contributed by atoms with Gasteiger partial charge in [-0.2, -0.15) is 38.1 Å². The second kappa shape index (κ2) is 5.54. The van der Waals surface area contributed by atoms with Crippen LogP contribution < -0.4 is 4.90 Å². The number of hydrogen-bond acceptors (Lipinski definition) is 8. The number of alkyl halides is 1. The summed E-state index contributed by atoms with van der Waals surface area (Å²) in [4.78, 5) is 18.1. The maximum absolute atomic E-state index is 14.5. The molecular weight excluding hydrogens is 368 g/mol. The van der Waals surface area contributed by atoms with Gasteiger partial charge in [-0.05, 0) is 0 Å². The van der Waals surface area contributed by atoms with Crippen molar-refractivity contribution in [1.82, 2.24) is 19.9 Å². The first-order valence-corrected chi connectivity index (χ1v) is 7.18. The van der Waals surface area contributed by atoms with Crippen molar-refractivity contribution in [2.24, 2.45) is 4.99 Å². The molecule has 1 aliphatic heterocycles. The minimum absolute atomic E-state index is 0.333. The molecule has 0 N–H and O–H groups in total. The Bertz CT molecular complexity index is 1270. The van der Waals surface area contributed by atoms with Gasteiger partial charge < -0.3 is 4.90 Å². The molecule has 1 aliphatic rings. The first-order valence-electron chi connectivity index (χ1n) is 7.18. The molecule has 0 bridgehead atoms. The van der Waals surface area contributed by atoms with Crippen molar-refractivity contribution in [2.75, 3.05) is 11.9 Å². The van der Waals surface area contributed by atoms with Crippen LogP contribution in [0.1, 0.15) is 17.0 Å². The molecule has 0 saturated heterocycles. The molecule has 3 heterocycles. The fourth-order valence-corrected chi connectivity index (χ4v) is 2.85. The number of fused-ring (bicyclic) bond motifs is 6. The third kappa shape index (κ3) is 2.17. The number of nitriles is 2. The van der Waals surface area contributed by atoms with E-state index in [1.807, 2.05) is 0 Å². The summed E-state index contributed by atoms with van der Waals surface area (Å²) in [5.41, 5.74) is -2.90. The molecule has 8 nitrogen and oxygen atoms in total. The lowest BCUT2D eigenvalue weighted by atomic mass is 10.0. The largest absolute Gasteiger partial charge is 0.324 e. The Balaban J connectivity index is 2.36. The standard InChI is InChI=1S/C15H4F4N8/c1-27-11-7(13(17)26-15(27)19)9-8(22-4(2-20)5(3-21)23-9)6-10(11)24-14(18)25-12(6)16/h15H,1H3. The van der Waals surface area contributed by atoms with Gasteiger partial charge in [-0.1, -0.05) is 0 Å². The van der Waals surface area contributed by atoms with E-state index in [-0.39, 0.29) is 16.7 Å². The Kier molecular flexibility index (Phi) is 3.39. The first kappa shape index (κ1) is 16.5. The Hall–Kier alpha value is -3.93. The Morgan fingerprint density at radius 1 is 0.926 bits per heavy atom. The number of anilines is 1. The summed E-state index contributed by atoms with van der Waals surface area (Å²) in [6.07, 6.45) is -3.64. The Morgan fingerprint density at radius 3 is 2.19 bits per heavy atom. The van der Waals surface area contributed by atoms with Crippen LogP contribution in [0.3, 0.4) is 0 Å². The molecule has 0 spiro atoms. The van der Waals surface area contributed by atoms with E-state index in [9.17, 15) is 17.6 Å². The molecule has 27 heavy (non-hydrogen) atoms. The quantitative estimate of drug-likeness (QED) is 0.195. The average molecular weight is 372 g/mol. The van der Waals surface area contributed by atoms with Gasteiger partial charge in [0.05, 0.1) is 16.6 Å². The van der Waals surface area contributed by atoms with Gasteiger partial charge in [0, 0.05) is 7.05 Å². The summed E-state index contributed by atoms with van der Waals surface area (Å²) < 4.78 is 56.6. The van der Waals surface area contributed by atoms with Gasteiger partial charge in [0.2, 0.25) is 11.9 Å². The van der Waals surface area contributed by atoms with Gasteiger partial charge >= 0.3 is 6.08 Å². The average Bonchev–Trinajstić information content (AvgIpc) is 2.63. The van der Waals surface area contributed by atoms with Crippen LogP contribution in [0.5, 0.6) is 0 Å². The highest BCUT2D eigenvalue weighted by Crippen LogP contribution is 2.40. The third-order valence-corrected chi connectivity index (χ3v) is 3.98. The topological polar surface area (TPSA) is 115 Å². The predicted octanol–water partition coefficient (Wildman–Crippen LogP) is 2.01. The number of nitrogens with zero attached hydrogens (tertiary/aromatic N) is 8. The summed E-state index contributed by atoms with van der Waals surface area (Å²) >= 11 is 0. The van der Waals surface area contributed by atoms with Gasteiger partial charge in [-0.15, -0.1) is 0 Å². The summed E-state index contributed by atoms with van der Waals surface area (Å²) in [6, 6.07) is 3.23. The summed E-state index contributed by atoms with van der Waals surface area (Å²) in [7, 11) is 1.17. The highest BCUT2D eigenvalue weighted by Gasteiger charge is 2.33. The minimum Gasteiger partial charge on any atom is -0.324 e. The highest BCUT2D eigenvalue weighted by molar-refractivity contribution is 6.21. The van der Waals surface area contributed by atoms with Crippen LogP contribution in [0.4, 0.5) is 23.2 Å². The van der Waals surface area contributed by atoms with E-state index in [0.29, 0.717) is 0 Å². The predicted molar refractivity (Wildman–Crippen MR) is 82.9 cm³/mol. The van der Waals surface area contributed by atoms with Gasteiger partial charge in [-0.25, -0.2) is 15.0 Å². The fourth-order valence-electron chi connectivity index (χ4n) is 2.85. The van der Waals surface area contributed by atoms with Gasteiger partial charge in [0.1, 0.15) is 28.7 Å². The van der Waals surface area contributed by atoms with Crippen LogP contribution >= 0.6 is 0 Å². The first-order chi connectivity index (χ1) is 12.9. The third-order valence-electron chi connectivity index (χ3n) is 3.98. The second-order valence-corrected chi connectivity index (χ2v) is 5.41. The minimum atomic E-state index is -2.18. The van der Waals surface area contributed by atoms with Crippen LogP contribution in [0, 0.1) is 34.7 Å². The number of aromatic nitrogens is 4. The molecule has 4 rings (SSSR count). The lowest BCUT2D eigenvalue weighted by Gasteiger charge is -2.28. The fraction of sp³-hybridized carbons (Fsp3) is 0.133. The smallest absolute Gasteiger partial charge is 0.311 e. The molecule has 12 heteroatoms. The SMILES string of the molecule is CN1c2c(c3nc(C#N)c(C#N)nc3c3c(F)nc(F)nc23)C(F)=NC1F. The molecule has 1 aromatic carbocycles. The van der Waals surface area contributed by atoms with Gasteiger partial charge in [-0.3, -0.25) is 0 Å². The zero-order chi connectivity index (χ0) is 19.5. The van der Waals surface area contributed by atoms with Gasteiger partial charge in [0.25, 0.3) is 6.42 Å². The summed E-state index contributed by atoms with van der Waals surface area (Å²) in [5.74, 6) is -2.68. The van der Waals surface area contributed by atoms with Crippen molar-refractivity contribution in [1.29, 1.82) is 10.5 Å². The highest BCUT2D eigenvalue weighted by atomic mass is 19.2. The zero-order valence-electron chi connectivity index (χ0n) is 13.2. The monoisotopic (exact) mass is 372 g/mol. The number of rotatable bonds is 0. The van der Waals surface area contributed by atoms with E-state index in [2.05, 4.69) is 24.9 Å².